The Balaban J connectivity index is 1.92. The van der Waals surface area contributed by atoms with Gasteiger partial charge < -0.3 is 10.1 Å². The summed E-state index contributed by atoms with van der Waals surface area (Å²) in [5, 5.41) is 3.36. The molecule has 1 heterocycles. The average molecular weight is 207 g/mol. The molecule has 1 aromatic rings. The molecule has 4 nitrogen and oxygen atoms in total. The molecule has 1 saturated carbocycles. The molecule has 0 amide bonds. The summed E-state index contributed by atoms with van der Waals surface area (Å²) in [6.45, 7) is 2.79. The van der Waals surface area contributed by atoms with Gasteiger partial charge in [-0.1, -0.05) is 6.92 Å². The average Bonchev–Trinajstić information content (AvgIpc) is 2.21. The van der Waals surface area contributed by atoms with Crippen molar-refractivity contribution in [2.24, 2.45) is 0 Å². The molecule has 15 heavy (non-hydrogen) atoms. The first-order chi connectivity index (χ1) is 7.38. The fourth-order valence-corrected chi connectivity index (χ4v) is 1.47. The number of rotatable bonds is 5. The SMILES string of the molecule is CCCOc1cc(NC2CCC2)ncn1. The molecule has 2 rings (SSSR count). The molecule has 0 unspecified atom stereocenters. The van der Waals surface area contributed by atoms with Gasteiger partial charge in [-0.25, -0.2) is 9.97 Å². The number of nitrogens with zero attached hydrogens (tertiary/aromatic N) is 2. The fraction of sp³-hybridized carbons (Fsp3) is 0.636. The van der Waals surface area contributed by atoms with E-state index in [0.29, 0.717) is 18.5 Å². The van der Waals surface area contributed by atoms with Gasteiger partial charge in [0.25, 0.3) is 0 Å². The highest BCUT2D eigenvalue weighted by molar-refractivity contribution is 5.38. The molecule has 0 saturated heterocycles. The summed E-state index contributed by atoms with van der Waals surface area (Å²) in [6, 6.07) is 2.47. The van der Waals surface area contributed by atoms with E-state index in [1.54, 1.807) is 6.33 Å². The summed E-state index contributed by atoms with van der Waals surface area (Å²) in [5.74, 6) is 1.54. The predicted octanol–water partition coefficient (Wildman–Crippen LogP) is 2.23. The van der Waals surface area contributed by atoms with E-state index in [1.807, 2.05) is 6.07 Å². The summed E-state index contributed by atoms with van der Waals surface area (Å²) in [5.41, 5.74) is 0. The Hall–Kier alpha value is -1.32. The highest BCUT2D eigenvalue weighted by atomic mass is 16.5. The van der Waals surface area contributed by atoms with Crippen molar-refractivity contribution in [3.63, 3.8) is 0 Å². The lowest BCUT2D eigenvalue weighted by Crippen LogP contribution is -2.27. The number of aromatic nitrogens is 2. The molecule has 82 valence electrons. The molecule has 1 aliphatic rings. The van der Waals surface area contributed by atoms with Crippen molar-refractivity contribution in [2.75, 3.05) is 11.9 Å². The van der Waals surface area contributed by atoms with E-state index in [-0.39, 0.29) is 0 Å². The predicted molar refractivity (Wildman–Crippen MR) is 59.1 cm³/mol. The zero-order valence-electron chi connectivity index (χ0n) is 9.07. The van der Waals surface area contributed by atoms with Gasteiger partial charge in [0.05, 0.1) is 6.61 Å². The maximum absolute atomic E-state index is 5.44. The largest absolute Gasteiger partial charge is 0.478 e. The minimum absolute atomic E-state index is 0.596. The lowest BCUT2D eigenvalue weighted by Gasteiger charge is -2.26. The molecule has 1 aromatic heterocycles. The summed E-state index contributed by atoms with van der Waals surface area (Å²) < 4.78 is 5.44. The van der Waals surface area contributed by atoms with Crippen LogP contribution in [0.3, 0.4) is 0 Å². The normalized spacial score (nSPS) is 15.8. The zero-order chi connectivity index (χ0) is 10.5. The van der Waals surface area contributed by atoms with Crippen LogP contribution in [0.1, 0.15) is 32.6 Å². The van der Waals surface area contributed by atoms with Crippen LogP contribution in [-0.4, -0.2) is 22.6 Å². The van der Waals surface area contributed by atoms with Crippen LogP contribution in [0.15, 0.2) is 12.4 Å². The van der Waals surface area contributed by atoms with E-state index in [9.17, 15) is 0 Å². The lowest BCUT2D eigenvalue weighted by molar-refractivity contribution is 0.304. The number of nitrogens with one attached hydrogen (secondary N) is 1. The molecular weight excluding hydrogens is 190 g/mol. The molecule has 0 radical (unpaired) electrons. The second kappa shape index (κ2) is 4.96. The molecule has 0 aromatic carbocycles. The van der Waals surface area contributed by atoms with Crippen LogP contribution in [0.5, 0.6) is 5.88 Å². The first-order valence-corrected chi connectivity index (χ1v) is 5.60. The van der Waals surface area contributed by atoms with Gasteiger partial charge in [0.1, 0.15) is 12.1 Å². The van der Waals surface area contributed by atoms with Gasteiger partial charge in [-0.3, -0.25) is 0 Å². The number of ether oxygens (including phenoxy) is 1. The number of hydrogen-bond acceptors (Lipinski definition) is 4. The third kappa shape index (κ3) is 2.81. The summed E-state index contributed by atoms with van der Waals surface area (Å²) in [4.78, 5) is 8.22. The molecule has 1 aliphatic carbocycles. The standard InChI is InChI=1S/C11H17N3O/c1-2-6-15-11-7-10(12-8-13-11)14-9-4-3-5-9/h7-9H,2-6H2,1H3,(H,12,13,14). The van der Waals surface area contributed by atoms with Gasteiger partial charge in [0.15, 0.2) is 0 Å². The Morgan fingerprint density at radius 1 is 1.47 bits per heavy atom. The molecule has 0 aliphatic heterocycles. The van der Waals surface area contributed by atoms with Gasteiger partial charge in [-0.05, 0) is 25.7 Å². The van der Waals surface area contributed by atoms with Crippen LogP contribution in [0.4, 0.5) is 5.82 Å². The second-order valence-electron chi connectivity index (χ2n) is 3.86. The maximum Gasteiger partial charge on any atom is 0.218 e. The highest BCUT2D eigenvalue weighted by Gasteiger charge is 2.17. The molecule has 0 bridgehead atoms. The Labute approximate surface area is 90.1 Å². The first kappa shape index (κ1) is 10.2. The van der Waals surface area contributed by atoms with E-state index in [2.05, 4.69) is 22.2 Å². The minimum atomic E-state index is 0.596. The van der Waals surface area contributed by atoms with Gasteiger partial charge in [0, 0.05) is 12.1 Å². The third-order valence-corrected chi connectivity index (χ3v) is 2.55. The van der Waals surface area contributed by atoms with Crippen LogP contribution in [-0.2, 0) is 0 Å². The van der Waals surface area contributed by atoms with E-state index < -0.39 is 0 Å². The first-order valence-electron chi connectivity index (χ1n) is 5.60. The number of hydrogen-bond donors (Lipinski definition) is 1. The fourth-order valence-electron chi connectivity index (χ4n) is 1.47. The molecule has 1 N–H and O–H groups in total. The number of anilines is 1. The topological polar surface area (TPSA) is 47.0 Å². The van der Waals surface area contributed by atoms with Crippen molar-refractivity contribution in [1.29, 1.82) is 0 Å². The Kier molecular flexibility index (Phi) is 3.37. The van der Waals surface area contributed by atoms with E-state index in [4.69, 9.17) is 4.74 Å². The Morgan fingerprint density at radius 2 is 2.33 bits per heavy atom. The van der Waals surface area contributed by atoms with Crippen molar-refractivity contribution in [3.05, 3.63) is 12.4 Å². The summed E-state index contributed by atoms with van der Waals surface area (Å²) in [6.07, 6.45) is 6.35. The molecule has 1 fully saturated rings. The van der Waals surface area contributed by atoms with Gasteiger partial charge >= 0.3 is 0 Å². The van der Waals surface area contributed by atoms with Gasteiger partial charge in [0.2, 0.25) is 5.88 Å². The minimum Gasteiger partial charge on any atom is -0.478 e. The summed E-state index contributed by atoms with van der Waals surface area (Å²) >= 11 is 0. The lowest BCUT2D eigenvalue weighted by atomic mass is 9.93. The maximum atomic E-state index is 5.44. The van der Waals surface area contributed by atoms with Crippen LogP contribution in [0.25, 0.3) is 0 Å². The van der Waals surface area contributed by atoms with E-state index in [1.165, 1.54) is 19.3 Å². The molecule has 0 atom stereocenters. The van der Waals surface area contributed by atoms with Gasteiger partial charge in [-0.2, -0.15) is 0 Å². The van der Waals surface area contributed by atoms with Crippen LogP contribution in [0.2, 0.25) is 0 Å². The van der Waals surface area contributed by atoms with Crippen molar-refractivity contribution >= 4 is 5.82 Å². The summed E-state index contributed by atoms with van der Waals surface area (Å²) in [7, 11) is 0. The van der Waals surface area contributed by atoms with Gasteiger partial charge in [-0.15, -0.1) is 0 Å². The quantitative estimate of drug-likeness (QED) is 0.804. The zero-order valence-corrected chi connectivity index (χ0v) is 9.07. The highest BCUT2D eigenvalue weighted by Crippen LogP contribution is 2.23. The van der Waals surface area contributed by atoms with Crippen molar-refractivity contribution < 1.29 is 4.74 Å². The monoisotopic (exact) mass is 207 g/mol. The van der Waals surface area contributed by atoms with Crippen molar-refractivity contribution in [2.45, 2.75) is 38.6 Å². The molecular formula is C11H17N3O. The Morgan fingerprint density at radius 3 is 3.00 bits per heavy atom. The third-order valence-electron chi connectivity index (χ3n) is 2.55. The Bertz CT molecular complexity index is 312. The van der Waals surface area contributed by atoms with Crippen LogP contribution >= 0.6 is 0 Å². The van der Waals surface area contributed by atoms with Crippen LogP contribution < -0.4 is 10.1 Å². The molecule has 4 heteroatoms. The van der Waals surface area contributed by atoms with E-state index in [0.717, 1.165) is 12.2 Å². The second-order valence-corrected chi connectivity index (χ2v) is 3.86. The van der Waals surface area contributed by atoms with Crippen LogP contribution in [0, 0.1) is 0 Å². The smallest absolute Gasteiger partial charge is 0.218 e. The molecule has 0 spiro atoms. The van der Waals surface area contributed by atoms with Crippen molar-refractivity contribution in [3.8, 4) is 5.88 Å². The van der Waals surface area contributed by atoms with Crippen molar-refractivity contribution in [1.82, 2.24) is 9.97 Å². The van der Waals surface area contributed by atoms with E-state index >= 15 is 0 Å².